The van der Waals surface area contributed by atoms with Crippen LogP contribution < -0.4 is 26.4 Å². The van der Waals surface area contributed by atoms with E-state index in [9.17, 15) is 14.4 Å². The van der Waals surface area contributed by atoms with Crippen LogP contribution in [0.2, 0.25) is 5.02 Å². The van der Waals surface area contributed by atoms with E-state index in [1.54, 1.807) is 15.6 Å². The van der Waals surface area contributed by atoms with Gasteiger partial charge in [-0.15, -0.1) is 0 Å². The van der Waals surface area contributed by atoms with Crippen molar-refractivity contribution in [3.05, 3.63) is 123 Å². The summed E-state index contributed by atoms with van der Waals surface area (Å²) < 4.78 is 6.00. The highest BCUT2D eigenvalue weighted by atomic mass is 35.5. The Kier molecular flexibility index (Phi) is 6.64. The van der Waals surface area contributed by atoms with E-state index in [1.807, 2.05) is 6.07 Å². The van der Waals surface area contributed by atoms with Crippen LogP contribution in [0.3, 0.4) is 0 Å². The molecule has 2 aliphatic carbocycles. The third kappa shape index (κ3) is 4.64. The fraction of sp³-hybridized carbons (Fsp3) is 0.226. The Bertz CT molecular complexity index is 2010. The Morgan fingerprint density at radius 1 is 1.02 bits per heavy atom. The van der Waals surface area contributed by atoms with Crippen LogP contribution in [0, 0.1) is 10.4 Å². The highest BCUT2D eigenvalue weighted by molar-refractivity contribution is 6.32. The van der Waals surface area contributed by atoms with Crippen LogP contribution in [0.25, 0.3) is 12.2 Å². The maximum Gasteiger partial charge on any atom is 0.362 e. The SMILES string of the molecule is CC1Cc2c(C3C=c4ccc5c(c4CC3)CC=c3ccccc3=5)ccc(Cl)c2O1.O=C(O)c1n[nH]c(=O)[nH]c1=O. The maximum absolute atomic E-state index is 10.6. The highest BCUT2D eigenvalue weighted by Crippen LogP contribution is 2.42. The van der Waals surface area contributed by atoms with Crippen molar-refractivity contribution in [3.8, 4) is 5.75 Å². The zero-order valence-electron chi connectivity index (χ0n) is 21.7. The number of aromatic amines is 2. The Labute approximate surface area is 232 Å². The number of hydrogen-bond donors (Lipinski definition) is 3. The molecule has 40 heavy (non-hydrogen) atoms. The summed E-state index contributed by atoms with van der Waals surface area (Å²) >= 11 is 6.41. The van der Waals surface area contributed by atoms with Crippen molar-refractivity contribution in [2.45, 2.75) is 44.6 Å². The lowest BCUT2D eigenvalue weighted by Gasteiger charge is -2.23. The Hall–Kier alpha value is -4.43. The van der Waals surface area contributed by atoms with Crippen LogP contribution in [0.4, 0.5) is 0 Å². The molecule has 3 aliphatic rings. The number of aromatic carboxylic acids is 1. The minimum atomic E-state index is -1.48. The first-order chi connectivity index (χ1) is 19.3. The number of ether oxygens (including phenoxy) is 1. The van der Waals surface area contributed by atoms with Crippen molar-refractivity contribution in [3.63, 3.8) is 0 Å². The highest BCUT2D eigenvalue weighted by Gasteiger charge is 2.28. The molecule has 9 heteroatoms. The van der Waals surface area contributed by atoms with E-state index < -0.39 is 22.9 Å². The number of hydrogen-bond acceptors (Lipinski definition) is 5. The van der Waals surface area contributed by atoms with E-state index in [1.165, 1.54) is 37.6 Å². The zero-order chi connectivity index (χ0) is 28.0. The predicted octanol–water partition coefficient (Wildman–Crippen LogP) is 2.95. The van der Waals surface area contributed by atoms with Crippen LogP contribution in [0.5, 0.6) is 5.75 Å². The topological polar surface area (TPSA) is 125 Å². The molecule has 2 unspecified atom stereocenters. The predicted molar refractivity (Wildman–Crippen MR) is 151 cm³/mol. The van der Waals surface area contributed by atoms with E-state index in [0.717, 1.165) is 36.5 Å². The van der Waals surface area contributed by atoms with E-state index in [0.29, 0.717) is 5.92 Å². The van der Waals surface area contributed by atoms with Gasteiger partial charge < -0.3 is 9.84 Å². The molecule has 8 nitrogen and oxygen atoms in total. The molecule has 0 spiro atoms. The molecule has 0 saturated heterocycles. The third-order valence-electron chi connectivity index (χ3n) is 7.70. The lowest BCUT2D eigenvalue weighted by molar-refractivity contribution is 0.0686. The molecule has 2 atom stereocenters. The molecule has 3 N–H and O–H groups in total. The fourth-order valence-corrected chi connectivity index (χ4v) is 6.17. The second-order valence-electron chi connectivity index (χ2n) is 10.2. The number of fused-ring (bicyclic) bond motifs is 5. The van der Waals surface area contributed by atoms with Crippen LogP contribution in [-0.2, 0) is 19.3 Å². The molecule has 0 amide bonds. The molecule has 0 fully saturated rings. The number of nitrogens with zero attached hydrogens (tertiary/aromatic N) is 1. The second-order valence-corrected chi connectivity index (χ2v) is 10.6. The monoisotopic (exact) mass is 555 g/mol. The standard InChI is InChI=1S/C27H23ClO.C4H3N3O4/c1-16-14-25-22(12-13-26(28)27(25)29-16)19-7-9-21-18(15-19)8-11-23-20-5-3-2-4-17(20)6-10-24(21)23;8-2-1(3(9)10)6-7-4(11)5-2/h2-6,8,11-13,15-16,19H,7,9-10,14H2,1H3;(H,9,10)(H2,5,7,8,11). The summed E-state index contributed by atoms with van der Waals surface area (Å²) in [6.07, 6.45) is 9.34. The summed E-state index contributed by atoms with van der Waals surface area (Å²) in [4.78, 5) is 32.7. The first-order valence-corrected chi connectivity index (χ1v) is 13.5. The van der Waals surface area contributed by atoms with Crippen molar-refractivity contribution in [2.75, 3.05) is 0 Å². The number of carbonyl (C=O) groups is 1. The molecule has 0 saturated carbocycles. The van der Waals surface area contributed by atoms with Gasteiger partial charge in [-0.2, -0.15) is 5.10 Å². The van der Waals surface area contributed by atoms with E-state index in [-0.39, 0.29) is 6.10 Å². The van der Waals surface area contributed by atoms with Gasteiger partial charge in [0, 0.05) is 17.9 Å². The molecule has 0 radical (unpaired) electrons. The van der Waals surface area contributed by atoms with Crippen LogP contribution in [-0.4, -0.2) is 32.4 Å². The minimum absolute atomic E-state index is 0.210. The average molecular weight is 556 g/mol. The first-order valence-electron chi connectivity index (χ1n) is 13.1. The first kappa shape index (κ1) is 25.8. The van der Waals surface area contributed by atoms with Gasteiger partial charge in [0.1, 0.15) is 11.9 Å². The Morgan fingerprint density at radius 3 is 2.65 bits per heavy atom. The third-order valence-corrected chi connectivity index (χ3v) is 8.00. The van der Waals surface area contributed by atoms with Gasteiger partial charge in [-0.1, -0.05) is 66.2 Å². The van der Waals surface area contributed by atoms with Gasteiger partial charge in [0.15, 0.2) is 0 Å². The van der Waals surface area contributed by atoms with Gasteiger partial charge in [-0.25, -0.2) is 14.7 Å². The van der Waals surface area contributed by atoms with Crippen molar-refractivity contribution < 1.29 is 14.6 Å². The summed E-state index contributed by atoms with van der Waals surface area (Å²) in [5.74, 6) is -0.143. The number of nitrogens with one attached hydrogen (secondary N) is 2. The Balaban J connectivity index is 0.000000223. The second kappa shape index (κ2) is 10.3. The maximum atomic E-state index is 10.6. The van der Waals surface area contributed by atoms with Gasteiger partial charge in [-0.3, -0.25) is 9.78 Å². The summed E-state index contributed by atoms with van der Waals surface area (Å²) in [5, 5.41) is 19.3. The summed E-state index contributed by atoms with van der Waals surface area (Å²) in [6, 6.07) is 17.6. The van der Waals surface area contributed by atoms with Crippen LogP contribution in [0.15, 0.2) is 58.1 Å². The van der Waals surface area contributed by atoms with Crippen molar-refractivity contribution >= 4 is 29.7 Å². The number of rotatable bonds is 2. The van der Waals surface area contributed by atoms with Gasteiger partial charge in [0.25, 0.3) is 5.56 Å². The van der Waals surface area contributed by atoms with Gasteiger partial charge >= 0.3 is 11.7 Å². The normalized spacial score (nSPS) is 17.9. The molecule has 7 rings (SSSR count). The van der Waals surface area contributed by atoms with E-state index >= 15 is 0 Å². The van der Waals surface area contributed by atoms with E-state index in [2.05, 4.69) is 66.6 Å². The average Bonchev–Trinajstić information content (AvgIpc) is 3.35. The largest absolute Gasteiger partial charge is 0.489 e. The molecule has 1 aliphatic heterocycles. The number of carboxylic acid groups (broad SMARTS) is 1. The lowest BCUT2D eigenvalue weighted by atomic mass is 9.81. The number of benzene rings is 3. The molecule has 4 aromatic rings. The van der Waals surface area contributed by atoms with E-state index in [4.69, 9.17) is 21.4 Å². The molecule has 0 bridgehead atoms. The quantitative estimate of drug-likeness (QED) is 0.349. The van der Waals surface area contributed by atoms with Gasteiger partial charge in [0.2, 0.25) is 5.69 Å². The molecule has 3 aromatic carbocycles. The van der Waals surface area contributed by atoms with Crippen LogP contribution in [0.1, 0.15) is 52.0 Å². The fourth-order valence-electron chi connectivity index (χ4n) is 5.95. The molecular formula is C31H26ClN3O5. The zero-order valence-corrected chi connectivity index (χ0v) is 22.4. The summed E-state index contributed by atoms with van der Waals surface area (Å²) in [6.45, 7) is 2.13. The van der Waals surface area contributed by atoms with Crippen LogP contribution >= 0.6 is 11.6 Å². The molecular weight excluding hydrogens is 530 g/mol. The van der Waals surface area contributed by atoms with Crippen molar-refractivity contribution in [1.82, 2.24) is 15.2 Å². The molecule has 2 heterocycles. The van der Waals surface area contributed by atoms with Crippen molar-refractivity contribution in [1.29, 1.82) is 0 Å². The van der Waals surface area contributed by atoms with Gasteiger partial charge in [0.05, 0.1) is 5.02 Å². The van der Waals surface area contributed by atoms with Gasteiger partial charge in [-0.05, 0) is 69.8 Å². The van der Waals surface area contributed by atoms with Crippen molar-refractivity contribution in [2.24, 2.45) is 0 Å². The smallest absolute Gasteiger partial charge is 0.362 e. The minimum Gasteiger partial charge on any atom is -0.489 e. The number of H-pyrrole nitrogens is 2. The number of halogens is 1. The number of carboxylic acids is 1. The molecule has 202 valence electrons. The summed E-state index contributed by atoms with van der Waals surface area (Å²) in [7, 11) is 0. The Morgan fingerprint density at radius 2 is 1.85 bits per heavy atom. The molecule has 1 aromatic heterocycles. The lowest BCUT2D eigenvalue weighted by Crippen LogP contribution is -2.29. The number of aromatic nitrogens is 3. The summed E-state index contributed by atoms with van der Waals surface area (Å²) in [5.41, 5.74) is 3.20.